The average molecular weight is 505 g/mol. The summed E-state index contributed by atoms with van der Waals surface area (Å²) < 4.78 is 15.2. The molecule has 8 heteroatoms. The molecule has 0 bridgehead atoms. The van der Waals surface area contributed by atoms with Gasteiger partial charge in [-0.3, -0.25) is 4.79 Å². The van der Waals surface area contributed by atoms with Gasteiger partial charge in [-0.15, -0.1) is 0 Å². The van der Waals surface area contributed by atoms with Crippen LogP contribution in [0.2, 0.25) is 0 Å². The van der Waals surface area contributed by atoms with Crippen LogP contribution in [-0.4, -0.2) is 49.9 Å². The molecule has 202 valence electrons. The highest BCUT2D eigenvalue weighted by molar-refractivity contribution is 5.94. The van der Waals surface area contributed by atoms with Crippen LogP contribution in [-0.2, 0) is 25.5 Å². The summed E-state index contributed by atoms with van der Waals surface area (Å²) in [6.07, 6.45) is 7.26. The summed E-state index contributed by atoms with van der Waals surface area (Å²) >= 11 is 0. The maximum absolute atomic E-state index is 12.4. The van der Waals surface area contributed by atoms with Crippen molar-refractivity contribution < 1.29 is 28.6 Å². The van der Waals surface area contributed by atoms with E-state index < -0.39 is 23.6 Å². The van der Waals surface area contributed by atoms with Gasteiger partial charge in [0.15, 0.2) is 0 Å². The number of unbranched alkanes of at least 4 members (excludes halogenated alkanes) is 5. The lowest BCUT2D eigenvalue weighted by atomic mass is 10.1. The van der Waals surface area contributed by atoms with E-state index in [0.29, 0.717) is 18.7 Å². The largest absolute Gasteiger partial charge is 0.469 e. The molecule has 0 aliphatic carbocycles. The van der Waals surface area contributed by atoms with Crippen LogP contribution in [0.25, 0.3) is 0 Å². The lowest BCUT2D eigenvalue weighted by Gasteiger charge is -2.24. The number of methoxy groups -OCH3 is 1. The molecule has 1 aromatic rings. The molecule has 1 rings (SSSR count). The number of amides is 1. The van der Waals surface area contributed by atoms with E-state index in [4.69, 9.17) is 9.47 Å². The van der Waals surface area contributed by atoms with E-state index in [0.717, 1.165) is 18.5 Å². The van der Waals surface area contributed by atoms with Crippen molar-refractivity contribution in [1.29, 1.82) is 0 Å². The molecule has 2 N–H and O–H groups in total. The molecule has 0 radical (unpaired) electrons. The quantitative estimate of drug-likeness (QED) is 0.140. The highest BCUT2D eigenvalue weighted by Gasteiger charge is 2.20. The van der Waals surface area contributed by atoms with Crippen molar-refractivity contribution in [3.05, 3.63) is 42.0 Å². The van der Waals surface area contributed by atoms with Gasteiger partial charge in [-0.2, -0.15) is 0 Å². The first-order valence-electron chi connectivity index (χ1n) is 12.8. The Morgan fingerprint density at radius 2 is 1.64 bits per heavy atom. The first kappa shape index (κ1) is 31.2. The van der Waals surface area contributed by atoms with Crippen molar-refractivity contribution in [1.82, 2.24) is 10.6 Å². The molecule has 0 spiro atoms. The number of ether oxygens (including phenoxy) is 3. The van der Waals surface area contributed by atoms with Crippen LogP contribution in [0.1, 0.15) is 78.2 Å². The molecule has 0 fully saturated rings. The number of carbonyl (C=O) groups excluding carboxylic acids is 3. The highest BCUT2D eigenvalue weighted by Crippen LogP contribution is 2.16. The Morgan fingerprint density at radius 3 is 2.25 bits per heavy atom. The second kappa shape index (κ2) is 16.7. The maximum atomic E-state index is 12.4. The summed E-state index contributed by atoms with van der Waals surface area (Å²) in [7, 11) is 1.24. The minimum atomic E-state index is -0.684. The Morgan fingerprint density at radius 1 is 1.00 bits per heavy atom. The number of nitrogens with one attached hydrogen (secondary N) is 2. The second-order valence-corrected chi connectivity index (χ2v) is 9.91. The van der Waals surface area contributed by atoms with Crippen LogP contribution >= 0.6 is 0 Å². The first-order valence-corrected chi connectivity index (χ1v) is 12.8. The van der Waals surface area contributed by atoms with Crippen LogP contribution in [0.15, 0.2) is 36.4 Å². The Bertz CT molecular complexity index is 829. The van der Waals surface area contributed by atoms with Crippen LogP contribution in [0.3, 0.4) is 0 Å². The molecule has 8 nitrogen and oxygen atoms in total. The van der Waals surface area contributed by atoms with Gasteiger partial charge in [-0.05, 0) is 57.9 Å². The standard InChI is InChI=1S/C28H44N2O6/c1-7-8-9-10-11-12-17-29-20-23(30-27(33)36-28(3,4)5)19-22-13-15-24(16-14-22)35-26(32)21(2)18-25(31)34-6/h13-16,23,29H,2,7-12,17-20H2,1,3-6H3,(H,30,33)/t23-/m0/s1. The van der Waals surface area contributed by atoms with Gasteiger partial charge in [0, 0.05) is 18.2 Å². The zero-order valence-corrected chi connectivity index (χ0v) is 22.6. The minimum absolute atomic E-state index is 0.0176. The zero-order chi connectivity index (χ0) is 27.0. The number of carbonyl (C=O) groups is 3. The van der Waals surface area contributed by atoms with Gasteiger partial charge in [0.2, 0.25) is 0 Å². The monoisotopic (exact) mass is 504 g/mol. The van der Waals surface area contributed by atoms with Crippen LogP contribution < -0.4 is 15.4 Å². The molecule has 0 aromatic heterocycles. The maximum Gasteiger partial charge on any atom is 0.407 e. The van der Waals surface area contributed by atoms with E-state index in [9.17, 15) is 14.4 Å². The molecule has 0 aliphatic heterocycles. The van der Waals surface area contributed by atoms with Crippen molar-refractivity contribution in [3.8, 4) is 5.75 Å². The Hall–Kier alpha value is -2.87. The van der Waals surface area contributed by atoms with E-state index in [2.05, 4.69) is 28.9 Å². The van der Waals surface area contributed by atoms with Crippen molar-refractivity contribution in [3.63, 3.8) is 0 Å². The lowest BCUT2D eigenvalue weighted by molar-refractivity contribution is -0.141. The van der Waals surface area contributed by atoms with Gasteiger partial charge in [0.05, 0.1) is 13.5 Å². The van der Waals surface area contributed by atoms with Crippen LogP contribution in [0.4, 0.5) is 4.79 Å². The highest BCUT2D eigenvalue weighted by atomic mass is 16.6. The summed E-state index contributed by atoms with van der Waals surface area (Å²) in [6, 6.07) is 6.85. The Kier molecular flexibility index (Phi) is 14.5. The van der Waals surface area contributed by atoms with E-state index in [1.54, 1.807) is 12.1 Å². The smallest absolute Gasteiger partial charge is 0.407 e. The molecular weight excluding hydrogens is 460 g/mol. The molecule has 0 aliphatic rings. The molecule has 0 saturated carbocycles. The van der Waals surface area contributed by atoms with Gasteiger partial charge >= 0.3 is 18.0 Å². The molecule has 1 atom stereocenters. The molecule has 0 saturated heterocycles. The summed E-state index contributed by atoms with van der Waals surface area (Å²) in [5.41, 5.74) is 0.402. The third-order valence-electron chi connectivity index (χ3n) is 5.31. The van der Waals surface area contributed by atoms with E-state index in [1.807, 2.05) is 32.9 Å². The number of esters is 2. The van der Waals surface area contributed by atoms with E-state index in [-0.39, 0.29) is 18.0 Å². The van der Waals surface area contributed by atoms with Crippen molar-refractivity contribution >= 4 is 18.0 Å². The molecule has 36 heavy (non-hydrogen) atoms. The fourth-order valence-electron chi connectivity index (χ4n) is 3.43. The fourth-order valence-corrected chi connectivity index (χ4v) is 3.43. The van der Waals surface area contributed by atoms with Gasteiger partial charge in [-0.25, -0.2) is 9.59 Å². The molecule has 0 unspecified atom stereocenters. The summed E-state index contributed by atoms with van der Waals surface area (Å²) in [6.45, 7) is 12.8. The summed E-state index contributed by atoms with van der Waals surface area (Å²) in [5.74, 6) is -0.898. The van der Waals surface area contributed by atoms with Crippen molar-refractivity contribution in [2.24, 2.45) is 0 Å². The second-order valence-electron chi connectivity index (χ2n) is 9.91. The number of alkyl carbamates (subject to hydrolysis) is 1. The third-order valence-corrected chi connectivity index (χ3v) is 5.31. The molecule has 0 heterocycles. The number of benzene rings is 1. The molecular formula is C28H44N2O6. The summed E-state index contributed by atoms with van der Waals surface area (Å²) in [5, 5.41) is 6.41. The fraction of sp³-hybridized carbons (Fsp3) is 0.607. The van der Waals surface area contributed by atoms with Gasteiger partial charge in [-0.1, -0.05) is 57.7 Å². The van der Waals surface area contributed by atoms with E-state index >= 15 is 0 Å². The van der Waals surface area contributed by atoms with Crippen LogP contribution in [0, 0.1) is 0 Å². The summed E-state index contributed by atoms with van der Waals surface area (Å²) in [4.78, 5) is 35.8. The zero-order valence-electron chi connectivity index (χ0n) is 22.6. The van der Waals surface area contributed by atoms with Gasteiger partial charge in [0.1, 0.15) is 11.4 Å². The number of rotatable bonds is 16. The van der Waals surface area contributed by atoms with Gasteiger partial charge < -0.3 is 24.8 Å². The average Bonchev–Trinajstić information content (AvgIpc) is 2.80. The van der Waals surface area contributed by atoms with Crippen molar-refractivity contribution in [2.75, 3.05) is 20.2 Å². The first-order chi connectivity index (χ1) is 17.0. The molecule has 1 amide bonds. The minimum Gasteiger partial charge on any atom is -0.469 e. The number of hydrogen-bond donors (Lipinski definition) is 2. The Balaban J connectivity index is 2.65. The Labute approximate surface area is 216 Å². The van der Waals surface area contributed by atoms with Crippen LogP contribution in [0.5, 0.6) is 5.75 Å². The van der Waals surface area contributed by atoms with E-state index in [1.165, 1.54) is 39.2 Å². The predicted molar refractivity (Wildman–Crippen MR) is 141 cm³/mol. The van der Waals surface area contributed by atoms with Crippen molar-refractivity contribution in [2.45, 2.75) is 90.7 Å². The molecule has 1 aromatic carbocycles. The predicted octanol–water partition coefficient (Wildman–Crippen LogP) is 5.10. The SMILES string of the molecule is C=C(CC(=O)OC)C(=O)Oc1ccc(C[C@@H](CNCCCCCCCC)NC(=O)OC(C)(C)C)cc1. The lowest BCUT2D eigenvalue weighted by Crippen LogP contribution is -2.45. The third kappa shape index (κ3) is 14.5. The van der Waals surface area contributed by atoms with Gasteiger partial charge in [0.25, 0.3) is 0 Å². The normalized spacial score (nSPS) is 11.9. The number of hydrogen-bond acceptors (Lipinski definition) is 7. The topological polar surface area (TPSA) is 103 Å².